The minimum absolute atomic E-state index is 0.0663. The Kier molecular flexibility index (Phi) is 7.13. The molecule has 0 bridgehead atoms. The molecule has 36 heavy (non-hydrogen) atoms. The van der Waals surface area contributed by atoms with Crippen LogP contribution in [0.3, 0.4) is 0 Å². The molecule has 1 fully saturated rings. The number of carbonyl (C=O) groups excluding carboxylic acids is 1. The largest absolute Gasteiger partial charge is 0.484 e. The molecule has 2 aliphatic rings. The number of carbonyl (C=O) groups is 1. The van der Waals surface area contributed by atoms with Crippen LogP contribution in [0.4, 0.5) is 5.13 Å². The van der Waals surface area contributed by atoms with Crippen molar-refractivity contribution in [1.82, 2.24) is 9.88 Å². The summed E-state index contributed by atoms with van der Waals surface area (Å²) in [5, 5.41) is 2.56. The lowest BCUT2D eigenvalue weighted by molar-refractivity contribution is 0.0612. The minimum Gasteiger partial charge on any atom is -0.484 e. The molecule has 10 heteroatoms. The molecular weight excluding hydrogens is 518 g/mol. The zero-order valence-electron chi connectivity index (χ0n) is 19.2. The SMILES string of the molecule is O=C(c1ccc(S(=O)(=O)Nc2nccs2)cc1)N1CCC[C@H]1C(Oc1cccc(Cl)c1)C1=CC=CC1. The van der Waals surface area contributed by atoms with Gasteiger partial charge in [-0.1, -0.05) is 35.9 Å². The first kappa shape index (κ1) is 24.5. The van der Waals surface area contributed by atoms with E-state index >= 15 is 0 Å². The Morgan fingerprint density at radius 2 is 2.06 bits per heavy atom. The van der Waals surface area contributed by atoms with Crippen molar-refractivity contribution >= 4 is 44.0 Å². The van der Waals surface area contributed by atoms with Crippen LogP contribution in [0.15, 0.2) is 88.8 Å². The summed E-state index contributed by atoms with van der Waals surface area (Å²) >= 11 is 7.36. The molecule has 2 aromatic carbocycles. The summed E-state index contributed by atoms with van der Waals surface area (Å²) in [6, 6.07) is 13.1. The highest BCUT2D eigenvalue weighted by Gasteiger charge is 2.38. The van der Waals surface area contributed by atoms with Crippen molar-refractivity contribution in [1.29, 1.82) is 0 Å². The van der Waals surface area contributed by atoms with Crippen molar-refractivity contribution < 1.29 is 17.9 Å². The zero-order chi connectivity index (χ0) is 25.1. The first-order chi connectivity index (χ1) is 17.4. The van der Waals surface area contributed by atoms with Gasteiger partial charge >= 0.3 is 0 Å². The van der Waals surface area contributed by atoms with Gasteiger partial charge in [-0.15, -0.1) is 11.3 Å². The molecule has 3 aromatic rings. The molecule has 1 aliphatic carbocycles. The van der Waals surface area contributed by atoms with E-state index in [9.17, 15) is 13.2 Å². The lowest BCUT2D eigenvalue weighted by Gasteiger charge is -2.33. The monoisotopic (exact) mass is 541 g/mol. The Bertz CT molecular complexity index is 1400. The molecule has 0 radical (unpaired) electrons. The van der Waals surface area contributed by atoms with Gasteiger partial charge in [0.25, 0.3) is 15.9 Å². The number of thiazole rings is 1. The van der Waals surface area contributed by atoms with Gasteiger partial charge in [-0.25, -0.2) is 13.4 Å². The van der Waals surface area contributed by atoms with Crippen molar-refractivity contribution in [3.63, 3.8) is 0 Å². The van der Waals surface area contributed by atoms with E-state index in [0.717, 1.165) is 24.8 Å². The molecule has 2 heterocycles. The van der Waals surface area contributed by atoms with Gasteiger partial charge in [0.1, 0.15) is 11.9 Å². The van der Waals surface area contributed by atoms with Gasteiger partial charge in [-0.3, -0.25) is 9.52 Å². The quantitative estimate of drug-likeness (QED) is 0.405. The number of anilines is 1. The van der Waals surface area contributed by atoms with Gasteiger partial charge < -0.3 is 9.64 Å². The van der Waals surface area contributed by atoms with Crippen molar-refractivity contribution in [3.05, 3.63) is 94.5 Å². The number of allylic oxidation sites excluding steroid dienone is 3. The molecule has 7 nitrogen and oxygen atoms in total. The van der Waals surface area contributed by atoms with Crippen LogP contribution in [0.5, 0.6) is 5.75 Å². The second-order valence-electron chi connectivity index (χ2n) is 8.54. The third-order valence-electron chi connectivity index (χ3n) is 6.20. The lowest BCUT2D eigenvalue weighted by Crippen LogP contribution is -2.46. The smallest absolute Gasteiger partial charge is 0.263 e. The number of benzene rings is 2. The highest BCUT2D eigenvalue weighted by Crippen LogP contribution is 2.32. The number of hydrogen-bond donors (Lipinski definition) is 1. The normalized spacial score (nSPS) is 18.2. The van der Waals surface area contributed by atoms with Crippen molar-refractivity contribution in [3.8, 4) is 5.75 Å². The average Bonchev–Trinajstić information content (AvgIpc) is 3.65. The standard InChI is InChI=1S/C26H24ClN3O4S2/c27-20-7-3-8-21(17-20)34-24(18-5-1-2-6-18)23-9-4-15-30(23)25(31)19-10-12-22(13-11-19)36(32,33)29-26-28-14-16-35-26/h1-3,5,7-8,10-14,16-17,23-24H,4,6,9,15H2,(H,28,29)/t23-,24?/m0/s1. The van der Waals surface area contributed by atoms with Crippen LogP contribution in [0.2, 0.25) is 5.02 Å². The average molecular weight is 542 g/mol. The summed E-state index contributed by atoms with van der Waals surface area (Å²) in [5.74, 6) is 0.502. The molecular formula is C26H24ClN3O4S2. The minimum atomic E-state index is -3.79. The van der Waals surface area contributed by atoms with E-state index in [-0.39, 0.29) is 28.1 Å². The third kappa shape index (κ3) is 5.33. The van der Waals surface area contributed by atoms with Crippen LogP contribution >= 0.6 is 22.9 Å². The van der Waals surface area contributed by atoms with Crippen molar-refractivity contribution in [2.75, 3.05) is 11.3 Å². The van der Waals surface area contributed by atoms with E-state index in [1.807, 2.05) is 29.2 Å². The molecule has 5 rings (SSSR count). The molecule has 186 valence electrons. The first-order valence-electron chi connectivity index (χ1n) is 11.5. The Labute approximate surface area is 219 Å². The van der Waals surface area contributed by atoms with Gasteiger partial charge in [0, 0.05) is 28.7 Å². The lowest BCUT2D eigenvalue weighted by atomic mass is 9.98. The van der Waals surface area contributed by atoms with E-state index in [1.165, 1.54) is 29.7 Å². The summed E-state index contributed by atoms with van der Waals surface area (Å²) in [5.41, 5.74) is 1.53. The Morgan fingerprint density at radius 3 is 2.75 bits per heavy atom. The maximum atomic E-state index is 13.5. The van der Waals surface area contributed by atoms with E-state index in [4.69, 9.17) is 16.3 Å². The third-order valence-corrected chi connectivity index (χ3v) is 8.61. The van der Waals surface area contributed by atoms with Gasteiger partial charge in [0.15, 0.2) is 5.13 Å². The summed E-state index contributed by atoms with van der Waals surface area (Å²) in [6.45, 7) is 0.602. The number of nitrogens with one attached hydrogen (secondary N) is 1. The molecule has 1 aromatic heterocycles. The number of amides is 1. The fourth-order valence-corrected chi connectivity index (χ4v) is 6.48. The number of halogens is 1. The number of ether oxygens (including phenoxy) is 1. The molecule has 1 aliphatic heterocycles. The van der Waals surface area contributed by atoms with E-state index < -0.39 is 10.0 Å². The number of nitrogens with zero attached hydrogens (tertiary/aromatic N) is 2. The highest BCUT2D eigenvalue weighted by atomic mass is 35.5. The molecule has 2 atom stereocenters. The van der Waals surface area contributed by atoms with Crippen LogP contribution in [-0.4, -0.2) is 42.9 Å². The second-order valence-corrected chi connectivity index (χ2v) is 11.6. The maximum Gasteiger partial charge on any atom is 0.263 e. The first-order valence-corrected chi connectivity index (χ1v) is 14.3. The van der Waals surface area contributed by atoms with Crippen molar-refractivity contribution in [2.45, 2.75) is 36.3 Å². The van der Waals surface area contributed by atoms with Crippen LogP contribution in [0.25, 0.3) is 0 Å². The van der Waals surface area contributed by atoms with Crippen LogP contribution in [-0.2, 0) is 10.0 Å². The molecule has 0 saturated carbocycles. The topological polar surface area (TPSA) is 88.6 Å². The predicted octanol–water partition coefficient (Wildman–Crippen LogP) is 5.54. The number of aromatic nitrogens is 1. The number of sulfonamides is 1. The summed E-state index contributed by atoms with van der Waals surface area (Å²) in [7, 11) is -3.79. The van der Waals surface area contributed by atoms with Crippen LogP contribution < -0.4 is 9.46 Å². The molecule has 1 N–H and O–H groups in total. The summed E-state index contributed by atoms with van der Waals surface area (Å²) < 4.78 is 34.1. The van der Waals surface area contributed by atoms with E-state index in [1.54, 1.807) is 29.6 Å². The Hall–Kier alpha value is -3.14. The molecule has 0 spiro atoms. The Balaban J connectivity index is 1.36. The fourth-order valence-electron chi connectivity index (χ4n) is 4.51. The van der Waals surface area contributed by atoms with Gasteiger partial charge in [-0.05, 0) is 67.3 Å². The number of rotatable bonds is 8. The van der Waals surface area contributed by atoms with Gasteiger partial charge in [-0.2, -0.15) is 0 Å². The van der Waals surface area contributed by atoms with E-state index in [0.29, 0.717) is 22.9 Å². The number of hydrogen-bond acceptors (Lipinski definition) is 6. The predicted molar refractivity (Wildman–Crippen MR) is 141 cm³/mol. The van der Waals surface area contributed by atoms with Crippen LogP contribution in [0, 0.1) is 0 Å². The van der Waals surface area contributed by atoms with Crippen molar-refractivity contribution in [2.24, 2.45) is 0 Å². The highest BCUT2D eigenvalue weighted by molar-refractivity contribution is 7.93. The van der Waals surface area contributed by atoms with Gasteiger partial charge in [0.05, 0.1) is 10.9 Å². The summed E-state index contributed by atoms with van der Waals surface area (Å²) in [4.78, 5) is 19.4. The summed E-state index contributed by atoms with van der Waals surface area (Å²) in [6.07, 6.45) is 9.76. The second kappa shape index (κ2) is 10.5. The zero-order valence-corrected chi connectivity index (χ0v) is 21.6. The molecule has 1 unspecified atom stereocenters. The van der Waals surface area contributed by atoms with Crippen LogP contribution in [0.1, 0.15) is 29.6 Å². The maximum absolute atomic E-state index is 13.5. The molecule has 1 saturated heterocycles. The van der Waals surface area contributed by atoms with Gasteiger partial charge in [0.2, 0.25) is 0 Å². The number of likely N-dealkylation sites (tertiary alicyclic amines) is 1. The fraction of sp³-hybridized carbons (Fsp3) is 0.231. The Morgan fingerprint density at radius 1 is 1.22 bits per heavy atom. The van der Waals surface area contributed by atoms with E-state index in [2.05, 4.69) is 15.8 Å². The molecule has 1 amide bonds.